The molecule has 2 aromatic rings. The zero-order chi connectivity index (χ0) is 22.6. The minimum atomic E-state index is -0.359. The molecule has 6 heteroatoms. The van der Waals surface area contributed by atoms with Gasteiger partial charge in [-0.2, -0.15) is 5.10 Å². The van der Waals surface area contributed by atoms with E-state index >= 15 is 0 Å². The molecule has 3 fully saturated rings. The van der Waals surface area contributed by atoms with Crippen molar-refractivity contribution in [2.24, 2.45) is 28.8 Å². The van der Waals surface area contributed by atoms with Crippen LogP contribution in [0.4, 0.5) is 0 Å². The van der Waals surface area contributed by atoms with Gasteiger partial charge in [0.05, 0.1) is 0 Å². The lowest BCUT2D eigenvalue weighted by Crippen LogP contribution is -2.33. The number of amides is 1. The highest BCUT2D eigenvalue weighted by molar-refractivity contribution is 6.43. The van der Waals surface area contributed by atoms with E-state index in [4.69, 9.17) is 9.47 Å². The highest BCUT2D eigenvalue weighted by atomic mass is 16.5. The molecule has 0 saturated heterocycles. The minimum Gasteiger partial charge on any atom is -0.489 e. The number of carbonyl (C=O) groups is 2. The Balaban J connectivity index is 1.12. The molecule has 1 amide bonds. The van der Waals surface area contributed by atoms with E-state index in [0.717, 1.165) is 37.0 Å². The summed E-state index contributed by atoms with van der Waals surface area (Å²) >= 11 is 0. The van der Waals surface area contributed by atoms with E-state index in [2.05, 4.69) is 10.5 Å². The molecule has 33 heavy (non-hydrogen) atoms. The lowest BCUT2D eigenvalue weighted by molar-refractivity contribution is -0.123. The molecule has 0 spiro atoms. The van der Waals surface area contributed by atoms with Crippen molar-refractivity contribution in [3.05, 3.63) is 60.2 Å². The fraction of sp³-hybridized carbons (Fsp3) is 0.444. The van der Waals surface area contributed by atoms with Crippen LogP contribution in [0.3, 0.4) is 0 Å². The molecule has 4 atom stereocenters. The first-order valence-corrected chi connectivity index (χ1v) is 12.0. The quantitative estimate of drug-likeness (QED) is 0.634. The number of ketones is 1. The predicted octanol–water partition coefficient (Wildman–Crippen LogP) is 4.53. The van der Waals surface area contributed by atoms with Crippen molar-refractivity contribution < 1.29 is 19.1 Å². The normalized spacial score (nSPS) is 27.2. The molecule has 172 valence electrons. The molecular formula is C27H30N2O4. The summed E-state index contributed by atoms with van der Waals surface area (Å²) in [7, 11) is 0. The van der Waals surface area contributed by atoms with E-state index in [1.165, 1.54) is 12.8 Å². The van der Waals surface area contributed by atoms with Crippen molar-refractivity contribution in [3.63, 3.8) is 0 Å². The summed E-state index contributed by atoms with van der Waals surface area (Å²) in [5.74, 6) is 2.52. The molecule has 0 aliphatic heterocycles. The Kier molecular flexibility index (Phi) is 6.42. The Morgan fingerprint density at radius 2 is 1.55 bits per heavy atom. The van der Waals surface area contributed by atoms with Crippen molar-refractivity contribution in [3.8, 4) is 11.5 Å². The van der Waals surface area contributed by atoms with Gasteiger partial charge in [-0.25, -0.2) is 5.43 Å². The summed E-state index contributed by atoms with van der Waals surface area (Å²) in [6, 6.07) is 17.1. The summed E-state index contributed by atoms with van der Waals surface area (Å²) in [6.45, 7) is 0.335. The van der Waals surface area contributed by atoms with Crippen LogP contribution in [0.2, 0.25) is 0 Å². The van der Waals surface area contributed by atoms with Crippen molar-refractivity contribution in [2.75, 3.05) is 6.61 Å². The summed E-state index contributed by atoms with van der Waals surface area (Å²) < 4.78 is 11.3. The van der Waals surface area contributed by atoms with Crippen LogP contribution in [0.1, 0.15) is 44.1 Å². The van der Waals surface area contributed by atoms with Crippen LogP contribution in [0.15, 0.2) is 59.7 Å². The third-order valence-electron chi connectivity index (χ3n) is 7.34. The highest BCUT2D eigenvalue weighted by Gasteiger charge is 2.53. The van der Waals surface area contributed by atoms with Gasteiger partial charge in [0.1, 0.15) is 23.8 Å². The number of hydrazone groups is 1. The van der Waals surface area contributed by atoms with Crippen LogP contribution in [-0.2, 0) is 16.2 Å². The van der Waals surface area contributed by atoms with Crippen molar-refractivity contribution >= 4 is 17.4 Å². The maximum atomic E-state index is 12.9. The fourth-order valence-corrected chi connectivity index (χ4v) is 5.86. The highest BCUT2D eigenvalue weighted by Crippen LogP contribution is 2.51. The predicted molar refractivity (Wildman–Crippen MR) is 125 cm³/mol. The number of ether oxygens (including phenoxy) is 2. The van der Waals surface area contributed by atoms with Gasteiger partial charge in [0.15, 0.2) is 12.4 Å². The number of rotatable bonds is 7. The molecule has 4 unspecified atom stereocenters. The fourth-order valence-electron chi connectivity index (χ4n) is 5.86. The second kappa shape index (κ2) is 9.77. The van der Waals surface area contributed by atoms with E-state index < -0.39 is 0 Å². The molecule has 1 N–H and O–H groups in total. The molecule has 3 aliphatic carbocycles. The Bertz CT molecular complexity index is 1020. The first-order valence-electron chi connectivity index (χ1n) is 12.0. The van der Waals surface area contributed by atoms with Gasteiger partial charge >= 0.3 is 0 Å². The van der Waals surface area contributed by atoms with Gasteiger partial charge in [-0.15, -0.1) is 0 Å². The Morgan fingerprint density at radius 1 is 0.879 bits per heavy atom. The van der Waals surface area contributed by atoms with E-state index in [1.54, 1.807) is 12.1 Å². The van der Waals surface area contributed by atoms with Crippen molar-refractivity contribution in [2.45, 2.75) is 45.1 Å². The average molecular weight is 447 g/mol. The zero-order valence-corrected chi connectivity index (χ0v) is 18.7. The number of carbonyl (C=O) groups excluding carboxylic acids is 2. The second-order valence-corrected chi connectivity index (χ2v) is 9.34. The van der Waals surface area contributed by atoms with Gasteiger partial charge in [0.25, 0.3) is 5.91 Å². The smallest absolute Gasteiger partial charge is 0.277 e. The molecule has 3 aliphatic rings. The van der Waals surface area contributed by atoms with E-state index in [0.29, 0.717) is 29.9 Å². The van der Waals surface area contributed by atoms with Gasteiger partial charge < -0.3 is 9.47 Å². The summed E-state index contributed by atoms with van der Waals surface area (Å²) in [5.41, 5.74) is 4.25. The lowest BCUT2D eigenvalue weighted by Gasteiger charge is -2.39. The largest absolute Gasteiger partial charge is 0.489 e. The first kappa shape index (κ1) is 21.7. The zero-order valence-electron chi connectivity index (χ0n) is 18.7. The standard InChI is InChI=1S/C27H30N2O4/c30-24(17-33-21-14-12-20(13-15-21)32-16-18-6-2-1-3-7-18)28-29-26-22-10-4-8-19-9-5-11-23(25(19)22)27(26)31/h1-3,6-7,12-15,19,22-23,25H,4-5,8-11,16-17H2,(H,28,30)/b29-26-. The van der Waals surface area contributed by atoms with E-state index in [-0.39, 0.29) is 30.1 Å². The van der Waals surface area contributed by atoms with Crippen LogP contribution in [0.25, 0.3) is 0 Å². The Morgan fingerprint density at radius 3 is 2.27 bits per heavy atom. The molecule has 5 rings (SSSR count). The summed E-state index contributed by atoms with van der Waals surface area (Å²) in [6.07, 6.45) is 6.72. The number of nitrogens with zero attached hydrogens (tertiary/aromatic N) is 1. The lowest BCUT2D eigenvalue weighted by atomic mass is 9.65. The molecule has 0 radical (unpaired) electrons. The van der Waals surface area contributed by atoms with Crippen LogP contribution in [-0.4, -0.2) is 24.0 Å². The van der Waals surface area contributed by atoms with Crippen molar-refractivity contribution in [1.29, 1.82) is 0 Å². The van der Waals surface area contributed by atoms with Crippen LogP contribution in [0.5, 0.6) is 11.5 Å². The molecule has 3 saturated carbocycles. The third-order valence-corrected chi connectivity index (χ3v) is 7.34. The van der Waals surface area contributed by atoms with E-state index in [9.17, 15) is 9.59 Å². The number of Topliss-reactive ketones (excluding diaryl/α,β-unsaturated/α-hetero) is 1. The van der Waals surface area contributed by atoms with Gasteiger partial charge in [-0.05, 0) is 54.5 Å². The second-order valence-electron chi connectivity index (χ2n) is 9.34. The monoisotopic (exact) mass is 446 g/mol. The minimum absolute atomic E-state index is 0.114. The van der Waals surface area contributed by atoms with Gasteiger partial charge in [-0.1, -0.05) is 56.0 Å². The molecule has 0 heterocycles. The van der Waals surface area contributed by atoms with Gasteiger partial charge in [0.2, 0.25) is 0 Å². The van der Waals surface area contributed by atoms with Crippen LogP contribution < -0.4 is 14.9 Å². The maximum Gasteiger partial charge on any atom is 0.277 e. The van der Waals surface area contributed by atoms with Crippen molar-refractivity contribution in [1.82, 2.24) is 5.43 Å². The average Bonchev–Trinajstić information content (AvgIpc) is 3.14. The van der Waals surface area contributed by atoms with Gasteiger partial charge in [-0.3, -0.25) is 9.59 Å². The van der Waals surface area contributed by atoms with Crippen LogP contribution in [0, 0.1) is 23.7 Å². The summed E-state index contributed by atoms with van der Waals surface area (Å²) in [4.78, 5) is 25.2. The van der Waals surface area contributed by atoms with E-state index in [1.807, 2.05) is 42.5 Å². The topological polar surface area (TPSA) is 77.0 Å². The Labute approximate surface area is 194 Å². The maximum absolute atomic E-state index is 12.9. The number of nitrogens with one attached hydrogen (secondary N) is 1. The molecule has 6 nitrogen and oxygen atoms in total. The molecular weight excluding hydrogens is 416 g/mol. The molecule has 0 aromatic heterocycles. The summed E-state index contributed by atoms with van der Waals surface area (Å²) in [5, 5.41) is 4.30. The number of hydrogen-bond donors (Lipinski definition) is 1. The van der Waals surface area contributed by atoms with Gasteiger partial charge in [0, 0.05) is 11.8 Å². The molecule has 2 aromatic carbocycles. The number of hydrogen-bond acceptors (Lipinski definition) is 5. The first-order chi connectivity index (χ1) is 16.2. The van der Waals surface area contributed by atoms with Crippen LogP contribution >= 0.6 is 0 Å². The third kappa shape index (κ3) is 4.80. The molecule has 0 bridgehead atoms. The SMILES string of the molecule is O=C(COc1ccc(OCc2ccccc2)cc1)N/N=C1\C(=O)C2CCCC3CCCC1C32. The number of benzene rings is 2. The Hall–Kier alpha value is -3.15.